The lowest BCUT2D eigenvalue weighted by molar-refractivity contribution is -0.384. The molecule has 1 aromatic carbocycles. The Kier molecular flexibility index (Phi) is 11.9. The molecule has 1 aliphatic heterocycles. The largest absolute Gasteiger partial charge is 0.379 e. The van der Waals surface area contributed by atoms with Crippen LogP contribution in [0.1, 0.15) is 25.3 Å². The van der Waals surface area contributed by atoms with Gasteiger partial charge in [-0.05, 0) is 12.0 Å². The van der Waals surface area contributed by atoms with Gasteiger partial charge >= 0.3 is 0 Å². The highest BCUT2D eigenvalue weighted by atomic mass is 127. The number of nitrogens with one attached hydrogen (secondary N) is 2. The van der Waals surface area contributed by atoms with Gasteiger partial charge in [-0.1, -0.05) is 25.5 Å². The number of nitrogens with zero attached hydrogens (tertiary/aromatic N) is 3. The quantitative estimate of drug-likeness (QED) is 0.138. The van der Waals surface area contributed by atoms with Crippen LogP contribution in [-0.2, 0) is 11.3 Å². The number of nitro benzene ring substituents is 1. The number of benzene rings is 1. The minimum absolute atomic E-state index is 0. The zero-order valence-electron chi connectivity index (χ0n) is 15.9. The van der Waals surface area contributed by atoms with Gasteiger partial charge < -0.3 is 15.4 Å². The van der Waals surface area contributed by atoms with Crippen molar-refractivity contribution in [1.29, 1.82) is 0 Å². The summed E-state index contributed by atoms with van der Waals surface area (Å²) in [6.45, 7) is 8.83. The number of hydrogen-bond donors (Lipinski definition) is 2. The normalized spacial score (nSPS) is 15.1. The van der Waals surface area contributed by atoms with E-state index in [1.54, 1.807) is 12.1 Å². The van der Waals surface area contributed by atoms with E-state index in [9.17, 15) is 10.1 Å². The van der Waals surface area contributed by atoms with Crippen molar-refractivity contribution in [2.75, 3.05) is 45.9 Å². The van der Waals surface area contributed by atoms with E-state index in [1.807, 2.05) is 0 Å². The maximum Gasteiger partial charge on any atom is 0.269 e. The van der Waals surface area contributed by atoms with Gasteiger partial charge in [0.25, 0.3) is 5.69 Å². The minimum atomic E-state index is -0.391. The zero-order valence-corrected chi connectivity index (χ0v) is 18.2. The van der Waals surface area contributed by atoms with Crippen molar-refractivity contribution in [3.8, 4) is 0 Å². The van der Waals surface area contributed by atoms with E-state index in [2.05, 4.69) is 27.4 Å². The molecular formula is C18H30IN5O3. The summed E-state index contributed by atoms with van der Waals surface area (Å²) in [5.41, 5.74) is 1.04. The molecule has 1 heterocycles. The molecule has 0 spiro atoms. The number of hydrogen-bond acceptors (Lipinski definition) is 5. The predicted molar refractivity (Wildman–Crippen MR) is 118 cm³/mol. The van der Waals surface area contributed by atoms with Crippen LogP contribution in [0.15, 0.2) is 29.3 Å². The molecule has 0 aromatic heterocycles. The van der Waals surface area contributed by atoms with Crippen LogP contribution in [0.5, 0.6) is 0 Å². The third kappa shape index (κ3) is 9.34. The van der Waals surface area contributed by atoms with Crippen molar-refractivity contribution in [2.45, 2.75) is 26.3 Å². The average molecular weight is 491 g/mol. The Bertz CT molecular complexity index is 577. The lowest BCUT2D eigenvalue weighted by Gasteiger charge is -2.26. The maximum absolute atomic E-state index is 10.7. The van der Waals surface area contributed by atoms with Crippen LogP contribution in [0, 0.1) is 10.1 Å². The number of nitro groups is 1. The van der Waals surface area contributed by atoms with Crippen LogP contribution in [0.4, 0.5) is 5.69 Å². The lowest BCUT2D eigenvalue weighted by atomic mass is 10.2. The van der Waals surface area contributed by atoms with E-state index in [-0.39, 0.29) is 29.7 Å². The molecule has 9 heteroatoms. The molecule has 0 bridgehead atoms. The van der Waals surface area contributed by atoms with E-state index in [0.717, 1.165) is 70.3 Å². The second-order valence-corrected chi connectivity index (χ2v) is 6.25. The maximum atomic E-state index is 10.7. The zero-order chi connectivity index (χ0) is 18.6. The molecule has 0 atom stereocenters. The van der Waals surface area contributed by atoms with Crippen molar-refractivity contribution in [2.24, 2.45) is 4.99 Å². The number of morpholine rings is 1. The molecule has 2 rings (SSSR count). The average Bonchev–Trinajstić information content (AvgIpc) is 2.67. The Morgan fingerprint density at radius 1 is 1.22 bits per heavy atom. The molecule has 0 amide bonds. The second-order valence-electron chi connectivity index (χ2n) is 6.25. The minimum Gasteiger partial charge on any atom is -0.379 e. The fraction of sp³-hybridized carbons (Fsp3) is 0.611. The molecule has 152 valence electrons. The van der Waals surface area contributed by atoms with E-state index < -0.39 is 4.92 Å². The first kappa shape index (κ1) is 23.6. The van der Waals surface area contributed by atoms with Crippen molar-refractivity contribution >= 4 is 35.6 Å². The Morgan fingerprint density at radius 3 is 2.52 bits per heavy atom. The smallest absolute Gasteiger partial charge is 0.269 e. The van der Waals surface area contributed by atoms with Crippen LogP contribution in [0.3, 0.4) is 0 Å². The first-order valence-electron chi connectivity index (χ1n) is 9.24. The molecule has 0 unspecified atom stereocenters. The fourth-order valence-electron chi connectivity index (χ4n) is 2.61. The number of unbranched alkanes of at least 4 members (excludes halogenated alkanes) is 1. The number of rotatable bonds is 9. The van der Waals surface area contributed by atoms with Gasteiger partial charge in [-0.25, -0.2) is 4.99 Å². The van der Waals surface area contributed by atoms with Crippen molar-refractivity contribution in [3.05, 3.63) is 39.9 Å². The van der Waals surface area contributed by atoms with Gasteiger partial charge in [0, 0.05) is 44.9 Å². The van der Waals surface area contributed by atoms with Gasteiger partial charge in [0.2, 0.25) is 0 Å². The predicted octanol–water partition coefficient (Wildman–Crippen LogP) is 2.38. The molecule has 0 radical (unpaired) electrons. The highest BCUT2D eigenvalue weighted by Gasteiger charge is 2.10. The number of aliphatic imine (C=N–C) groups is 1. The molecule has 1 aromatic rings. The summed E-state index contributed by atoms with van der Waals surface area (Å²) < 4.78 is 5.36. The third-order valence-electron chi connectivity index (χ3n) is 4.21. The fourth-order valence-corrected chi connectivity index (χ4v) is 2.61. The summed E-state index contributed by atoms with van der Waals surface area (Å²) in [4.78, 5) is 17.3. The standard InChI is InChI=1S/C18H29N5O3.HI/c1-2-3-8-19-18(20-9-10-22-11-13-26-14-12-22)21-15-16-4-6-17(7-5-16)23(24)25;/h4-7H,2-3,8-15H2,1H3,(H2,19,20,21);1H. The molecule has 8 nitrogen and oxygen atoms in total. The van der Waals surface area contributed by atoms with Crippen molar-refractivity contribution in [3.63, 3.8) is 0 Å². The summed E-state index contributed by atoms with van der Waals surface area (Å²) >= 11 is 0. The second kappa shape index (κ2) is 13.7. The summed E-state index contributed by atoms with van der Waals surface area (Å²) in [6, 6.07) is 6.53. The van der Waals surface area contributed by atoms with Crippen molar-refractivity contribution in [1.82, 2.24) is 15.5 Å². The summed E-state index contributed by atoms with van der Waals surface area (Å²) in [7, 11) is 0. The molecule has 1 saturated heterocycles. The summed E-state index contributed by atoms with van der Waals surface area (Å²) in [5, 5.41) is 17.4. The number of halogens is 1. The Labute approximate surface area is 177 Å². The van der Waals surface area contributed by atoms with Crippen molar-refractivity contribution < 1.29 is 9.66 Å². The first-order chi connectivity index (χ1) is 12.7. The van der Waals surface area contributed by atoms with Crippen LogP contribution in [0.2, 0.25) is 0 Å². The van der Waals surface area contributed by atoms with Crippen LogP contribution in [-0.4, -0.2) is 61.7 Å². The molecule has 2 N–H and O–H groups in total. The van der Waals surface area contributed by atoms with E-state index in [0.29, 0.717) is 6.54 Å². The highest BCUT2D eigenvalue weighted by Crippen LogP contribution is 2.12. The van der Waals surface area contributed by atoms with Gasteiger partial charge in [-0.3, -0.25) is 15.0 Å². The molecule has 0 aliphatic carbocycles. The monoisotopic (exact) mass is 491 g/mol. The molecule has 0 saturated carbocycles. The first-order valence-corrected chi connectivity index (χ1v) is 9.24. The van der Waals surface area contributed by atoms with Crippen LogP contribution in [0.25, 0.3) is 0 Å². The summed E-state index contributed by atoms with van der Waals surface area (Å²) in [5.74, 6) is 0.782. The SMILES string of the molecule is CCCCNC(=NCc1ccc([N+](=O)[O-])cc1)NCCN1CCOCC1.I. The third-order valence-corrected chi connectivity index (χ3v) is 4.21. The van der Waals surface area contributed by atoms with E-state index in [1.165, 1.54) is 12.1 Å². The number of ether oxygens (including phenoxy) is 1. The number of guanidine groups is 1. The van der Waals surface area contributed by atoms with Gasteiger partial charge in [0.05, 0.1) is 24.7 Å². The molecule has 1 aliphatic rings. The highest BCUT2D eigenvalue weighted by molar-refractivity contribution is 14.0. The van der Waals surface area contributed by atoms with E-state index >= 15 is 0 Å². The van der Waals surface area contributed by atoms with Crippen LogP contribution < -0.4 is 10.6 Å². The van der Waals surface area contributed by atoms with Gasteiger partial charge in [-0.15, -0.1) is 24.0 Å². The van der Waals surface area contributed by atoms with Gasteiger partial charge in [-0.2, -0.15) is 0 Å². The lowest BCUT2D eigenvalue weighted by Crippen LogP contribution is -2.44. The van der Waals surface area contributed by atoms with Gasteiger partial charge in [0.1, 0.15) is 0 Å². The summed E-state index contributed by atoms with van der Waals surface area (Å²) in [6.07, 6.45) is 2.21. The Hall–Kier alpha value is -1.46. The molecule has 27 heavy (non-hydrogen) atoms. The number of non-ortho nitro benzene ring substituents is 1. The Morgan fingerprint density at radius 2 is 1.89 bits per heavy atom. The molecule has 1 fully saturated rings. The van der Waals surface area contributed by atoms with E-state index in [4.69, 9.17) is 4.74 Å². The topological polar surface area (TPSA) is 92.0 Å². The van der Waals surface area contributed by atoms with Crippen LogP contribution >= 0.6 is 24.0 Å². The Balaban J connectivity index is 0.00000364. The molecular weight excluding hydrogens is 461 g/mol. The van der Waals surface area contributed by atoms with Gasteiger partial charge in [0.15, 0.2) is 5.96 Å².